The van der Waals surface area contributed by atoms with Crippen LogP contribution in [0.2, 0.25) is 0 Å². The topological polar surface area (TPSA) is 68.3 Å². The molecule has 20 heavy (non-hydrogen) atoms. The van der Waals surface area contributed by atoms with Crippen molar-refractivity contribution in [3.8, 4) is 0 Å². The van der Waals surface area contributed by atoms with Gasteiger partial charge in [0.2, 0.25) is 0 Å². The van der Waals surface area contributed by atoms with Gasteiger partial charge in [-0.3, -0.25) is 9.59 Å². The summed E-state index contributed by atoms with van der Waals surface area (Å²) in [5, 5.41) is 0. The summed E-state index contributed by atoms with van der Waals surface area (Å²) >= 11 is 0. The predicted octanol–water partition coefficient (Wildman–Crippen LogP) is 1.92. The molecule has 1 aromatic rings. The zero-order chi connectivity index (χ0) is 15.1. The lowest BCUT2D eigenvalue weighted by molar-refractivity contribution is -0.119. The van der Waals surface area contributed by atoms with Crippen molar-refractivity contribution < 1.29 is 26.8 Å². The van der Waals surface area contributed by atoms with Crippen LogP contribution in [0.4, 0.5) is 8.78 Å². The van der Waals surface area contributed by atoms with E-state index in [0.29, 0.717) is 25.2 Å². The number of sulfone groups is 1. The Labute approximate surface area is 114 Å². The number of carbonyl (C=O) groups is 2. The number of hydrogen-bond donors (Lipinski definition) is 0. The van der Waals surface area contributed by atoms with Gasteiger partial charge in [-0.15, -0.1) is 0 Å². The number of rotatable bonds is 5. The van der Waals surface area contributed by atoms with Gasteiger partial charge in [-0.2, -0.15) is 0 Å². The molecule has 1 aliphatic carbocycles. The molecule has 4 nitrogen and oxygen atoms in total. The van der Waals surface area contributed by atoms with E-state index in [0.717, 1.165) is 6.07 Å². The standard InChI is InChI=1S/C13H12F2O4S/c1-20(18,19)13-8(4-5-9(14)12(13)15)11(17)6-10(16)7-2-3-7/h4-5,7H,2-3,6H2,1H3. The normalized spacial score (nSPS) is 15.2. The van der Waals surface area contributed by atoms with Crippen LogP contribution in [0, 0.1) is 17.6 Å². The average Bonchev–Trinajstić information content (AvgIpc) is 3.14. The van der Waals surface area contributed by atoms with E-state index in [9.17, 15) is 26.8 Å². The van der Waals surface area contributed by atoms with Crippen LogP contribution in [0.5, 0.6) is 0 Å². The van der Waals surface area contributed by atoms with E-state index in [1.165, 1.54) is 0 Å². The Morgan fingerprint density at radius 2 is 1.85 bits per heavy atom. The third-order valence-electron chi connectivity index (χ3n) is 3.09. The first-order valence-electron chi connectivity index (χ1n) is 5.95. The highest BCUT2D eigenvalue weighted by molar-refractivity contribution is 7.90. The Balaban J connectivity index is 2.43. The van der Waals surface area contributed by atoms with E-state index in [2.05, 4.69) is 0 Å². The van der Waals surface area contributed by atoms with Gasteiger partial charge >= 0.3 is 0 Å². The molecule has 0 aromatic heterocycles. The van der Waals surface area contributed by atoms with Crippen LogP contribution in [0.15, 0.2) is 17.0 Å². The molecule has 0 amide bonds. The minimum Gasteiger partial charge on any atom is -0.299 e. The number of benzene rings is 1. The van der Waals surface area contributed by atoms with E-state index in [1.807, 2.05) is 0 Å². The van der Waals surface area contributed by atoms with Gasteiger partial charge in [-0.05, 0) is 25.0 Å². The van der Waals surface area contributed by atoms with Crippen molar-refractivity contribution in [2.75, 3.05) is 6.26 Å². The minimum absolute atomic E-state index is 0.161. The van der Waals surface area contributed by atoms with Crippen molar-refractivity contribution in [3.05, 3.63) is 29.3 Å². The van der Waals surface area contributed by atoms with Crippen LogP contribution in [-0.4, -0.2) is 26.2 Å². The summed E-state index contributed by atoms with van der Waals surface area (Å²) in [6.07, 6.45) is 1.62. The molecule has 1 aromatic carbocycles. The van der Waals surface area contributed by atoms with Crippen molar-refractivity contribution in [2.24, 2.45) is 5.92 Å². The molecule has 0 heterocycles. The fourth-order valence-electron chi connectivity index (χ4n) is 1.92. The molecule has 0 bridgehead atoms. The summed E-state index contributed by atoms with van der Waals surface area (Å²) in [6, 6.07) is 1.58. The minimum atomic E-state index is -4.12. The number of hydrogen-bond acceptors (Lipinski definition) is 4. The zero-order valence-corrected chi connectivity index (χ0v) is 11.5. The summed E-state index contributed by atoms with van der Waals surface area (Å²) in [7, 11) is -4.12. The second-order valence-corrected chi connectivity index (χ2v) is 6.80. The fourth-order valence-corrected chi connectivity index (χ4v) is 2.92. The van der Waals surface area contributed by atoms with E-state index in [1.54, 1.807) is 0 Å². The van der Waals surface area contributed by atoms with Gasteiger partial charge in [0.15, 0.2) is 27.3 Å². The Hall–Kier alpha value is -1.63. The Morgan fingerprint density at radius 3 is 2.35 bits per heavy atom. The van der Waals surface area contributed by atoms with E-state index in [-0.39, 0.29) is 11.7 Å². The molecule has 1 aliphatic rings. The van der Waals surface area contributed by atoms with Crippen molar-refractivity contribution >= 4 is 21.4 Å². The lowest BCUT2D eigenvalue weighted by Gasteiger charge is -2.08. The van der Waals surface area contributed by atoms with Gasteiger partial charge in [-0.1, -0.05) is 0 Å². The summed E-state index contributed by atoms with van der Waals surface area (Å²) in [5.74, 6) is -4.20. The van der Waals surface area contributed by atoms with Crippen molar-refractivity contribution in [2.45, 2.75) is 24.2 Å². The zero-order valence-electron chi connectivity index (χ0n) is 10.7. The number of halogens is 2. The third kappa shape index (κ3) is 2.92. The van der Waals surface area contributed by atoms with Gasteiger partial charge in [0.25, 0.3) is 0 Å². The molecular weight excluding hydrogens is 290 g/mol. The fraction of sp³-hybridized carbons (Fsp3) is 0.385. The van der Waals surface area contributed by atoms with E-state index >= 15 is 0 Å². The highest BCUT2D eigenvalue weighted by Crippen LogP contribution is 2.32. The highest BCUT2D eigenvalue weighted by Gasteiger charge is 2.33. The molecular formula is C13H12F2O4S. The second-order valence-electron chi connectivity index (χ2n) is 4.85. The summed E-state index contributed by atoms with van der Waals surface area (Å²) in [6.45, 7) is 0. The van der Waals surface area contributed by atoms with Crippen LogP contribution in [0.3, 0.4) is 0 Å². The molecule has 1 saturated carbocycles. The maximum absolute atomic E-state index is 13.6. The smallest absolute Gasteiger partial charge is 0.179 e. The molecule has 1 fully saturated rings. The first-order valence-corrected chi connectivity index (χ1v) is 7.85. The number of ketones is 2. The molecule has 0 spiro atoms. The number of Topliss-reactive ketones (excluding diaryl/α,β-unsaturated/α-hetero) is 2. The molecule has 0 atom stereocenters. The summed E-state index contributed by atoms with van der Waals surface area (Å²) < 4.78 is 49.8. The van der Waals surface area contributed by atoms with Crippen LogP contribution in [-0.2, 0) is 14.6 Å². The van der Waals surface area contributed by atoms with Crippen LogP contribution >= 0.6 is 0 Å². The average molecular weight is 302 g/mol. The van der Waals surface area contributed by atoms with Gasteiger partial charge < -0.3 is 0 Å². The Bertz CT molecular complexity index is 691. The summed E-state index contributed by atoms with van der Waals surface area (Å²) in [5.41, 5.74) is -0.472. The molecule has 0 saturated heterocycles. The van der Waals surface area contributed by atoms with Crippen molar-refractivity contribution in [1.29, 1.82) is 0 Å². The van der Waals surface area contributed by atoms with Crippen LogP contribution in [0.25, 0.3) is 0 Å². The lowest BCUT2D eigenvalue weighted by Crippen LogP contribution is -2.15. The van der Waals surface area contributed by atoms with Crippen molar-refractivity contribution in [1.82, 2.24) is 0 Å². The predicted molar refractivity (Wildman–Crippen MR) is 66.1 cm³/mol. The summed E-state index contributed by atoms with van der Waals surface area (Å²) in [4.78, 5) is 22.5. The lowest BCUT2D eigenvalue weighted by atomic mass is 10.0. The van der Waals surface area contributed by atoms with E-state index < -0.39 is 44.1 Å². The monoisotopic (exact) mass is 302 g/mol. The second kappa shape index (κ2) is 5.05. The van der Waals surface area contributed by atoms with Crippen LogP contribution < -0.4 is 0 Å². The first kappa shape index (κ1) is 14.8. The molecule has 108 valence electrons. The van der Waals surface area contributed by atoms with Gasteiger partial charge in [0.05, 0.1) is 6.42 Å². The Morgan fingerprint density at radius 1 is 1.25 bits per heavy atom. The van der Waals surface area contributed by atoms with Gasteiger partial charge in [-0.25, -0.2) is 17.2 Å². The SMILES string of the molecule is CS(=O)(=O)c1c(C(=O)CC(=O)C2CC2)ccc(F)c1F. The quantitative estimate of drug-likeness (QED) is 0.615. The molecule has 0 aliphatic heterocycles. The molecule has 0 unspecified atom stereocenters. The first-order chi connectivity index (χ1) is 9.21. The molecule has 0 radical (unpaired) electrons. The third-order valence-corrected chi connectivity index (χ3v) is 4.23. The van der Waals surface area contributed by atoms with Crippen molar-refractivity contribution in [3.63, 3.8) is 0 Å². The molecule has 2 rings (SSSR count). The maximum Gasteiger partial charge on any atom is 0.179 e. The largest absolute Gasteiger partial charge is 0.299 e. The number of carbonyl (C=O) groups excluding carboxylic acids is 2. The van der Waals surface area contributed by atoms with Gasteiger partial charge in [0, 0.05) is 17.7 Å². The van der Waals surface area contributed by atoms with Crippen LogP contribution in [0.1, 0.15) is 29.6 Å². The maximum atomic E-state index is 13.6. The van der Waals surface area contributed by atoms with E-state index in [4.69, 9.17) is 0 Å². The Kier molecular flexibility index (Phi) is 3.73. The molecule has 0 N–H and O–H groups in total. The van der Waals surface area contributed by atoms with Gasteiger partial charge in [0.1, 0.15) is 10.7 Å². The molecule has 7 heteroatoms. The highest BCUT2D eigenvalue weighted by atomic mass is 32.2.